The third-order valence-corrected chi connectivity index (χ3v) is 5.44. The van der Waals surface area contributed by atoms with Crippen LogP contribution in [0.4, 0.5) is 0 Å². The molecule has 0 atom stereocenters. The second kappa shape index (κ2) is 8.15. The number of fused-ring (bicyclic) bond motifs is 1. The Morgan fingerprint density at radius 2 is 1.52 bits per heavy atom. The van der Waals surface area contributed by atoms with Gasteiger partial charge in [0.25, 0.3) is 0 Å². The average Bonchev–Trinajstić information content (AvgIpc) is 2.84. The van der Waals surface area contributed by atoms with Crippen molar-refractivity contribution in [1.29, 1.82) is 0 Å². The number of imidazole rings is 1. The number of carbonyl (C=O) groups is 1. The minimum Gasteiger partial charge on any atom is -0.465 e. The lowest BCUT2D eigenvalue weighted by atomic mass is 10.2. The van der Waals surface area contributed by atoms with E-state index in [0.717, 1.165) is 5.56 Å². The van der Waals surface area contributed by atoms with E-state index in [4.69, 9.17) is 51.1 Å². The summed E-state index contributed by atoms with van der Waals surface area (Å²) < 4.78 is 7.77. The van der Waals surface area contributed by atoms with Crippen molar-refractivity contribution in [1.82, 2.24) is 9.13 Å². The average molecular weight is 448 g/mol. The van der Waals surface area contributed by atoms with Crippen molar-refractivity contribution in [3.63, 3.8) is 0 Å². The van der Waals surface area contributed by atoms with Gasteiger partial charge in [-0.1, -0.05) is 52.5 Å². The normalized spacial score (nSPS) is 11.1. The van der Waals surface area contributed by atoms with Crippen LogP contribution in [0.2, 0.25) is 20.1 Å². The zero-order chi connectivity index (χ0) is 19.7. The molecule has 0 radical (unpaired) electrons. The first kappa shape index (κ1) is 20.1. The topological polar surface area (TPSA) is 53.2 Å². The standard InChI is InChI=1S/C18H14Cl4N2O3/c1-2-27-17(25)9-24-16-7-14(22)13(21)6-15(16)23(18(24)26)8-10-3-4-11(19)12(20)5-10/h3-7H,2,8-9H2,1H3. The molecule has 9 heteroatoms. The summed E-state index contributed by atoms with van der Waals surface area (Å²) in [5, 5.41) is 1.40. The van der Waals surface area contributed by atoms with Gasteiger partial charge in [-0.3, -0.25) is 13.9 Å². The first-order valence-corrected chi connectivity index (χ1v) is 9.50. The predicted octanol–water partition coefficient (Wildman–Crippen LogP) is 5.03. The van der Waals surface area contributed by atoms with E-state index in [2.05, 4.69) is 0 Å². The molecule has 142 valence electrons. The van der Waals surface area contributed by atoms with E-state index in [1.165, 1.54) is 9.13 Å². The molecule has 2 aromatic carbocycles. The molecule has 1 heterocycles. The van der Waals surface area contributed by atoms with Crippen LogP contribution in [-0.2, 0) is 22.6 Å². The van der Waals surface area contributed by atoms with E-state index in [0.29, 0.717) is 26.1 Å². The Hall–Kier alpha value is -1.66. The molecule has 3 aromatic rings. The Balaban J connectivity index is 2.15. The van der Waals surface area contributed by atoms with Gasteiger partial charge in [-0.05, 0) is 36.8 Å². The molecule has 0 fully saturated rings. The summed E-state index contributed by atoms with van der Waals surface area (Å²) in [6.07, 6.45) is 0. The quantitative estimate of drug-likeness (QED) is 0.515. The Bertz CT molecular complexity index is 1090. The van der Waals surface area contributed by atoms with Crippen LogP contribution in [0.5, 0.6) is 0 Å². The molecule has 0 saturated carbocycles. The van der Waals surface area contributed by atoms with Gasteiger partial charge < -0.3 is 4.74 Å². The molecular formula is C18H14Cl4N2O3. The third kappa shape index (κ3) is 4.11. The van der Waals surface area contributed by atoms with Crippen LogP contribution in [-0.4, -0.2) is 21.7 Å². The second-order valence-corrected chi connectivity index (χ2v) is 7.39. The Morgan fingerprint density at radius 1 is 0.926 bits per heavy atom. The van der Waals surface area contributed by atoms with Gasteiger partial charge in [0.05, 0.1) is 44.3 Å². The van der Waals surface area contributed by atoms with Crippen LogP contribution in [0, 0.1) is 0 Å². The Kier molecular flexibility index (Phi) is 6.06. The summed E-state index contributed by atoms with van der Waals surface area (Å²) in [4.78, 5) is 24.9. The van der Waals surface area contributed by atoms with E-state index >= 15 is 0 Å². The fourth-order valence-corrected chi connectivity index (χ4v) is 3.41. The summed E-state index contributed by atoms with van der Waals surface area (Å²) in [6.45, 7) is 1.92. The maximum Gasteiger partial charge on any atom is 0.329 e. The molecule has 5 nitrogen and oxygen atoms in total. The van der Waals surface area contributed by atoms with Crippen LogP contribution in [0.1, 0.15) is 12.5 Å². The SMILES string of the molecule is CCOC(=O)Cn1c(=O)n(Cc2ccc(Cl)c(Cl)c2)c2cc(Cl)c(Cl)cc21. The molecule has 0 spiro atoms. The third-order valence-electron chi connectivity index (χ3n) is 3.98. The summed E-state index contributed by atoms with van der Waals surface area (Å²) in [5.41, 5.74) is 1.42. The van der Waals surface area contributed by atoms with Gasteiger partial charge in [0, 0.05) is 0 Å². The monoisotopic (exact) mass is 446 g/mol. The highest BCUT2D eigenvalue weighted by molar-refractivity contribution is 6.43. The Labute approximate surface area is 174 Å². The second-order valence-electron chi connectivity index (χ2n) is 5.76. The fraction of sp³-hybridized carbons (Fsp3) is 0.222. The highest BCUT2D eigenvalue weighted by Crippen LogP contribution is 2.29. The van der Waals surface area contributed by atoms with Crippen molar-refractivity contribution in [2.75, 3.05) is 6.61 Å². The number of nitrogens with zero attached hydrogens (tertiary/aromatic N) is 2. The van der Waals surface area contributed by atoms with Gasteiger partial charge >= 0.3 is 11.7 Å². The maximum absolute atomic E-state index is 13.0. The number of ether oxygens (including phenoxy) is 1. The lowest BCUT2D eigenvalue weighted by Crippen LogP contribution is -2.28. The summed E-state index contributed by atoms with van der Waals surface area (Å²) in [5.74, 6) is -0.515. The molecule has 0 aliphatic rings. The van der Waals surface area contributed by atoms with Crippen LogP contribution in [0.15, 0.2) is 35.1 Å². The largest absolute Gasteiger partial charge is 0.465 e. The van der Waals surface area contributed by atoms with Crippen LogP contribution in [0.3, 0.4) is 0 Å². The summed E-state index contributed by atoms with van der Waals surface area (Å²) in [6, 6.07) is 8.27. The van der Waals surface area contributed by atoms with E-state index in [1.807, 2.05) is 0 Å². The molecule has 0 aliphatic heterocycles. The number of halogens is 4. The van der Waals surface area contributed by atoms with Crippen LogP contribution in [0.25, 0.3) is 11.0 Å². The van der Waals surface area contributed by atoms with Gasteiger partial charge in [-0.2, -0.15) is 0 Å². The number of rotatable bonds is 5. The van der Waals surface area contributed by atoms with Gasteiger partial charge in [0.15, 0.2) is 0 Å². The number of esters is 1. The molecule has 3 rings (SSSR count). The number of aromatic nitrogens is 2. The van der Waals surface area contributed by atoms with E-state index in [9.17, 15) is 9.59 Å². The number of benzene rings is 2. The number of hydrogen-bond acceptors (Lipinski definition) is 3. The number of carbonyl (C=O) groups excluding carboxylic acids is 1. The van der Waals surface area contributed by atoms with Gasteiger partial charge in [-0.25, -0.2) is 4.79 Å². The van der Waals surface area contributed by atoms with Crippen molar-refractivity contribution >= 4 is 63.4 Å². The summed E-state index contributed by atoms with van der Waals surface area (Å²) in [7, 11) is 0. The van der Waals surface area contributed by atoms with Crippen LogP contribution >= 0.6 is 46.4 Å². The van der Waals surface area contributed by atoms with E-state index in [1.54, 1.807) is 37.3 Å². The minimum absolute atomic E-state index is 0.222. The molecule has 1 aromatic heterocycles. The number of hydrogen-bond donors (Lipinski definition) is 0. The lowest BCUT2D eigenvalue weighted by Gasteiger charge is -2.06. The molecule has 27 heavy (non-hydrogen) atoms. The molecular weight excluding hydrogens is 434 g/mol. The smallest absolute Gasteiger partial charge is 0.329 e. The van der Waals surface area contributed by atoms with Gasteiger partial charge in [0.2, 0.25) is 0 Å². The van der Waals surface area contributed by atoms with Crippen molar-refractivity contribution in [3.8, 4) is 0 Å². The van der Waals surface area contributed by atoms with Crippen molar-refractivity contribution in [2.24, 2.45) is 0 Å². The molecule has 0 aliphatic carbocycles. The van der Waals surface area contributed by atoms with Crippen molar-refractivity contribution < 1.29 is 9.53 Å². The molecule has 0 saturated heterocycles. The summed E-state index contributed by atoms with van der Waals surface area (Å²) >= 11 is 24.3. The first-order chi connectivity index (χ1) is 12.8. The van der Waals surface area contributed by atoms with Gasteiger partial charge in [0.1, 0.15) is 6.54 Å². The Morgan fingerprint density at radius 3 is 2.11 bits per heavy atom. The fourth-order valence-electron chi connectivity index (χ4n) is 2.77. The minimum atomic E-state index is -0.515. The highest BCUT2D eigenvalue weighted by atomic mass is 35.5. The molecule has 0 bridgehead atoms. The van der Waals surface area contributed by atoms with Crippen LogP contribution < -0.4 is 5.69 Å². The van der Waals surface area contributed by atoms with Crippen molar-refractivity contribution in [3.05, 3.63) is 66.5 Å². The predicted molar refractivity (Wildman–Crippen MR) is 108 cm³/mol. The zero-order valence-electron chi connectivity index (χ0n) is 14.1. The van der Waals surface area contributed by atoms with Gasteiger partial charge in [-0.15, -0.1) is 0 Å². The molecule has 0 unspecified atom stereocenters. The lowest BCUT2D eigenvalue weighted by molar-refractivity contribution is -0.143. The van der Waals surface area contributed by atoms with E-state index < -0.39 is 5.97 Å². The highest BCUT2D eigenvalue weighted by Gasteiger charge is 2.18. The molecule has 0 N–H and O–H groups in total. The maximum atomic E-state index is 13.0. The molecule has 0 amide bonds. The van der Waals surface area contributed by atoms with E-state index in [-0.39, 0.29) is 30.4 Å². The zero-order valence-corrected chi connectivity index (χ0v) is 17.2. The first-order valence-electron chi connectivity index (χ1n) is 7.99. The van der Waals surface area contributed by atoms with Crippen molar-refractivity contribution in [2.45, 2.75) is 20.0 Å².